The Labute approximate surface area is 165 Å². The highest BCUT2D eigenvalue weighted by atomic mass is 127. The zero-order valence-corrected chi connectivity index (χ0v) is 17.9. The number of aliphatic imine (C=N–C) groups is 1. The van der Waals surface area contributed by atoms with Crippen molar-refractivity contribution in [1.29, 1.82) is 0 Å². The lowest BCUT2D eigenvalue weighted by atomic mass is 10.2. The van der Waals surface area contributed by atoms with Gasteiger partial charge in [0, 0.05) is 43.0 Å². The smallest absolute Gasteiger partial charge is 0.194 e. The van der Waals surface area contributed by atoms with E-state index in [2.05, 4.69) is 69.9 Å². The van der Waals surface area contributed by atoms with E-state index < -0.39 is 0 Å². The van der Waals surface area contributed by atoms with Crippen molar-refractivity contribution in [2.75, 3.05) is 25.9 Å². The summed E-state index contributed by atoms with van der Waals surface area (Å²) in [6.45, 7) is 9.42. The Balaban J connectivity index is 0.00000208. The molecule has 0 aliphatic carbocycles. The first-order valence-corrected chi connectivity index (χ1v) is 8.99. The van der Waals surface area contributed by atoms with E-state index in [1.54, 1.807) is 0 Å². The highest BCUT2D eigenvalue weighted by molar-refractivity contribution is 14.0. The number of aryl methyl sites for hydroxylation is 1. The summed E-state index contributed by atoms with van der Waals surface area (Å²) in [5.74, 6) is 2.10. The molecule has 0 atom stereocenters. The third-order valence-corrected chi connectivity index (χ3v) is 5.33. The molecule has 3 heterocycles. The lowest BCUT2D eigenvalue weighted by molar-refractivity contribution is 0.375. The van der Waals surface area contributed by atoms with Crippen molar-refractivity contribution in [2.45, 2.75) is 32.1 Å². The number of rotatable bonds is 2. The van der Waals surface area contributed by atoms with Crippen LogP contribution in [0.15, 0.2) is 29.5 Å². The van der Waals surface area contributed by atoms with E-state index in [-0.39, 0.29) is 28.7 Å². The Morgan fingerprint density at radius 2 is 2.25 bits per heavy atom. The average molecular weight is 459 g/mol. The van der Waals surface area contributed by atoms with Crippen molar-refractivity contribution >= 4 is 47.3 Å². The minimum absolute atomic E-state index is 0. The Hall–Kier alpha value is -0.960. The summed E-state index contributed by atoms with van der Waals surface area (Å²) in [4.78, 5) is 11.5. The molecule has 5 nitrogen and oxygen atoms in total. The number of thioether (sulfide) groups is 1. The van der Waals surface area contributed by atoms with Crippen LogP contribution in [0.1, 0.15) is 25.1 Å². The van der Waals surface area contributed by atoms with Crippen molar-refractivity contribution in [3.63, 3.8) is 0 Å². The molecule has 0 bridgehead atoms. The minimum Gasteiger partial charge on any atom is -0.351 e. The van der Waals surface area contributed by atoms with Gasteiger partial charge in [0.1, 0.15) is 5.65 Å². The normalized spacial score (nSPS) is 17.7. The quantitative estimate of drug-likeness (QED) is 0.426. The van der Waals surface area contributed by atoms with Gasteiger partial charge in [-0.25, -0.2) is 4.98 Å². The van der Waals surface area contributed by atoms with E-state index in [1.165, 1.54) is 5.56 Å². The zero-order chi connectivity index (χ0) is 16.4. The molecule has 0 aromatic carbocycles. The number of imidazole rings is 1. The van der Waals surface area contributed by atoms with Crippen molar-refractivity contribution < 1.29 is 0 Å². The van der Waals surface area contributed by atoms with Crippen LogP contribution in [-0.4, -0.2) is 50.9 Å². The maximum atomic E-state index is 4.68. The molecule has 0 unspecified atom stereocenters. The summed E-state index contributed by atoms with van der Waals surface area (Å²) in [5.41, 5.74) is 3.25. The number of hydrogen-bond acceptors (Lipinski definition) is 3. The van der Waals surface area contributed by atoms with Crippen molar-refractivity contribution in [3.05, 3.63) is 35.8 Å². The Bertz CT molecular complexity index is 725. The average Bonchev–Trinajstić information content (AvgIpc) is 2.89. The Morgan fingerprint density at radius 1 is 1.46 bits per heavy atom. The highest BCUT2D eigenvalue weighted by Crippen LogP contribution is 2.29. The predicted molar refractivity (Wildman–Crippen MR) is 114 cm³/mol. The topological polar surface area (TPSA) is 44.9 Å². The van der Waals surface area contributed by atoms with Gasteiger partial charge in [-0.2, -0.15) is 11.8 Å². The molecule has 1 N–H and O–H groups in total. The Morgan fingerprint density at radius 3 is 2.96 bits per heavy atom. The highest BCUT2D eigenvalue weighted by Gasteiger charge is 2.28. The van der Waals surface area contributed by atoms with Gasteiger partial charge < -0.3 is 14.6 Å². The number of guanidine groups is 1. The molecule has 24 heavy (non-hydrogen) atoms. The van der Waals surface area contributed by atoms with E-state index >= 15 is 0 Å². The maximum Gasteiger partial charge on any atom is 0.194 e. The molecular formula is C17H26IN5S. The van der Waals surface area contributed by atoms with E-state index in [4.69, 9.17) is 0 Å². The summed E-state index contributed by atoms with van der Waals surface area (Å²) in [6.07, 6.45) is 4.13. The van der Waals surface area contributed by atoms with Gasteiger partial charge in [-0.3, -0.25) is 4.99 Å². The molecule has 3 rings (SSSR count). The van der Waals surface area contributed by atoms with Gasteiger partial charge in [-0.05, 0) is 38.5 Å². The van der Waals surface area contributed by atoms with E-state index in [0.717, 1.165) is 36.1 Å². The maximum absolute atomic E-state index is 4.68. The summed E-state index contributed by atoms with van der Waals surface area (Å²) in [5, 5.41) is 3.46. The van der Waals surface area contributed by atoms with Crippen LogP contribution >= 0.6 is 35.7 Å². The molecule has 1 fully saturated rings. The Kier molecular flexibility index (Phi) is 6.41. The van der Waals surface area contributed by atoms with Crippen LogP contribution < -0.4 is 5.32 Å². The molecule has 0 radical (unpaired) electrons. The molecule has 0 saturated carbocycles. The molecule has 2 aromatic heterocycles. The summed E-state index contributed by atoms with van der Waals surface area (Å²) in [6, 6.07) is 4.20. The van der Waals surface area contributed by atoms with E-state index in [9.17, 15) is 0 Å². The number of pyridine rings is 1. The number of nitrogens with one attached hydrogen (secondary N) is 1. The van der Waals surface area contributed by atoms with E-state index in [0.29, 0.717) is 6.54 Å². The number of aromatic nitrogens is 2. The fraction of sp³-hybridized carbons (Fsp3) is 0.529. The summed E-state index contributed by atoms with van der Waals surface area (Å²) >= 11 is 2.03. The van der Waals surface area contributed by atoms with Gasteiger partial charge in [0.15, 0.2) is 5.96 Å². The van der Waals surface area contributed by atoms with E-state index in [1.807, 2.05) is 18.8 Å². The van der Waals surface area contributed by atoms with Crippen molar-refractivity contribution in [2.24, 2.45) is 4.99 Å². The number of halogens is 1. The van der Waals surface area contributed by atoms with Crippen LogP contribution in [0.3, 0.4) is 0 Å². The summed E-state index contributed by atoms with van der Waals surface area (Å²) in [7, 11) is 1.85. The fourth-order valence-electron chi connectivity index (χ4n) is 2.92. The number of nitrogens with zero attached hydrogens (tertiary/aromatic N) is 4. The molecule has 1 aliphatic heterocycles. The first kappa shape index (κ1) is 19.4. The fourth-order valence-corrected chi connectivity index (χ4v) is 4.03. The van der Waals surface area contributed by atoms with Crippen LogP contribution in [-0.2, 0) is 6.54 Å². The number of hydrogen-bond donors (Lipinski definition) is 1. The monoisotopic (exact) mass is 459 g/mol. The van der Waals surface area contributed by atoms with Gasteiger partial charge in [-0.15, -0.1) is 24.0 Å². The van der Waals surface area contributed by atoms with Gasteiger partial charge >= 0.3 is 0 Å². The van der Waals surface area contributed by atoms with Crippen LogP contribution in [0, 0.1) is 6.92 Å². The lowest BCUT2D eigenvalue weighted by Crippen LogP contribution is -2.50. The molecular weight excluding hydrogens is 433 g/mol. The second kappa shape index (κ2) is 7.95. The molecule has 0 amide bonds. The van der Waals surface area contributed by atoms with Gasteiger partial charge in [0.05, 0.1) is 12.2 Å². The molecule has 132 valence electrons. The molecule has 2 aromatic rings. The molecule has 1 aliphatic rings. The SMILES string of the molecule is CN=C(NCc1cn2ccc(C)cc2n1)N1CCSC(C)(C)C1.I. The third kappa shape index (κ3) is 4.56. The van der Waals surface area contributed by atoms with Crippen molar-refractivity contribution in [1.82, 2.24) is 19.6 Å². The second-order valence-electron chi connectivity index (χ2n) is 6.63. The zero-order valence-electron chi connectivity index (χ0n) is 14.7. The van der Waals surface area contributed by atoms with Crippen molar-refractivity contribution in [3.8, 4) is 0 Å². The van der Waals surface area contributed by atoms with Gasteiger partial charge in [-0.1, -0.05) is 0 Å². The second-order valence-corrected chi connectivity index (χ2v) is 8.43. The standard InChI is InChI=1S/C17H25N5S.HI/c1-13-5-6-21-11-14(20-15(21)9-13)10-19-16(18-4)22-7-8-23-17(2,3)12-22;/h5-6,9,11H,7-8,10,12H2,1-4H3,(H,18,19);1H. The van der Waals surface area contributed by atoms with Crippen LogP contribution in [0.2, 0.25) is 0 Å². The summed E-state index contributed by atoms with van der Waals surface area (Å²) < 4.78 is 2.34. The molecule has 7 heteroatoms. The molecule has 0 spiro atoms. The molecule has 1 saturated heterocycles. The van der Waals surface area contributed by atoms with Crippen LogP contribution in [0.4, 0.5) is 0 Å². The van der Waals surface area contributed by atoms with Gasteiger partial charge in [0.2, 0.25) is 0 Å². The van der Waals surface area contributed by atoms with Gasteiger partial charge in [0.25, 0.3) is 0 Å². The van der Waals surface area contributed by atoms with Crippen LogP contribution in [0.5, 0.6) is 0 Å². The largest absolute Gasteiger partial charge is 0.351 e. The first-order chi connectivity index (χ1) is 11.0. The predicted octanol–water partition coefficient (Wildman–Crippen LogP) is 3.16. The first-order valence-electron chi connectivity index (χ1n) is 8.01. The third-order valence-electron chi connectivity index (χ3n) is 4.03. The van der Waals surface area contributed by atoms with Crippen LogP contribution in [0.25, 0.3) is 5.65 Å². The lowest BCUT2D eigenvalue weighted by Gasteiger charge is -2.39. The minimum atomic E-state index is 0. The number of fused-ring (bicyclic) bond motifs is 1.